The lowest BCUT2D eigenvalue weighted by Gasteiger charge is -2.00. The van der Waals surface area contributed by atoms with Crippen LogP contribution >= 0.6 is 0 Å². The first kappa shape index (κ1) is 10.2. The second-order valence-electron chi connectivity index (χ2n) is 2.98. The summed E-state index contributed by atoms with van der Waals surface area (Å²) < 4.78 is 0. The fourth-order valence-electron chi connectivity index (χ4n) is 0.976. The Bertz CT molecular complexity index is 387. The minimum atomic E-state index is -1.28. The Morgan fingerprint density at radius 2 is 1.71 bits per heavy atom. The minimum absolute atomic E-state index is 0.350. The Labute approximate surface area is 81.7 Å². The van der Waals surface area contributed by atoms with Crippen molar-refractivity contribution in [1.29, 1.82) is 0 Å². The molecule has 0 radical (unpaired) electrons. The average Bonchev–Trinajstić information content (AvgIpc) is 2.16. The van der Waals surface area contributed by atoms with Gasteiger partial charge in [-0.15, -0.1) is 0 Å². The molecule has 14 heavy (non-hydrogen) atoms. The molecule has 0 atom stereocenters. The lowest BCUT2D eigenvalue weighted by molar-refractivity contribution is -0.132. The summed E-state index contributed by atoms with van der Waals surface area (Å²) in [7, 11) is 0. The van der Waals surface area contributed by atoms with E-state index in [-0.39, 0.29) is 0 Å². The number of carbonyl (C=O) groups is 2. The maximum absolute atomic E-state index is 11.4. The van der Waals surface area contributed by atoms with Crippen molar-refractivity contribution < 1.29 is 14.7 Å². The van der Waals surface area contributed by atoms with Crippen LogP contribution in [0.1, 0.15) is 15.9 Å². The van der Waals surface area contributed by atoms with Gasteiger partial charge in [0.2, 0.25) is 0 Å². The molecule has 0 heterocycles. The molecule has 0 aliphatic rings. The van der Waals surface area contributed by atoms with E-state index in [1.165, 1.54) is 0 Å². The van der Waals surface area contributed by atoms with Crippen LogP contribution in [0.2, 0.25) is 0 Å². The van der Waals surface area contributed by atoms with Crippen LogP contribution in [0.15, 0.2) is 36.4 Å². The van der Waals surface area contributed by atoms with Gasteiger partial charge in [0.25, 0.3) is 0 Å². The number of aliphatic carboxylic acids is 1. The molecule has 0 saturated heterocycles. The molecule has 1 aromatic carbocycles. The molecular formula is C11H10O3. The van der Waals surface area contributed by atoms with Gasteiger partial charge in [0.15, 0.2) is 5.78 Å². The summed E-state index contributed by atoms with van der Waals surface area (Å²) in [5, 5.41) is 8.55. The van der Waals surface area contributed by atoms with Gasteiger partial charge in [0.05, 0.1) is 0 Å². The molecule has 1 N–H and O–H groups in total. The topological polar surface area (TPSA) is 54.4 Å². The van der Waals surface area contributed by atoms with Gasteiger partial charge >= 0.3 is 5.97 Å². The van der Waals surface area contributed by atoms with Crippen LogP contribution in [0.4, 0.5) is 0 Å². The minimum Gasteiger partial charge on any atom is -0.478 e. The predicted octanol–water partition coefficient (Wildman–Crippen LogP) is 1.82. The van der Waals surface area contributed by atoms with E-state index >= 15 is 0 Å². The van der Waals surface area contributed by atoms with E-state index in [0.717, 1.165) is 5.56 Å². The summed E-state index contributed by atoms with van der Waals surface area (Å²) in [6, 6.07) is 6.68. The Kier molecular flexibility index (Phi) is 2.82. The van der Waals surface area contributed by atoms with E-state index in [2.05, 4.69) is 6.58 Å². The number of aryl methyl sites for hydroxylation is 1. The molecule has 0 saturated carbocycles. The lowest BCUT2D eigenvalue weighted by atomic mass is 10.0. The molecule has 3 nitrogen and oxygen atoms in total. The predicted molar refractivity (Wildman–Crippen MR) is 52.3 cm³/mol. The van der Waals surface area contributed by atoms with Gasteiger partial charge in [-0.25, -0.2) is 4.79 Å². The first-order valence-electron chi connectivity index (χ1n) is 4.06. The van der Waals surface area contributed by atoms with Crippen LogP contribution in [0.25, 0.3) is 0 Å². The Morgan fingerprint density at radius 3 is 2.14 bits per heavy atom. The number of carbonyl (C=O) groups excluding carboxylic acids is 1. The molecule has 1 aromatic rings. The molecule has 0 bridgehead atoms. The van der Waals surface area contributed by atoms with Gasteiger partial charge in [-0.3, -0.25) is 4.79 Å². The summed E-state index contributed by atoms with van der Waals surface area (Å²) in [5.74, 6) is -1.83. The quantitative estimate of drug-likeness (QED) is 0.342. The van der Waals surface area contributed by atoms with Crippen molar-refractivity contribution in [2.24, 2.45) is 0 Å². The average molecular weight is 190 g/mol. The second-order valence-corrected chi connectivity index (χ2v) is 2.98. The van der Waals surface area contributed by atoms with E-state index < -0.39 is 17.3 Å². The number of benzene rings is 1. The molecule has 0 spiro atoms. The number of carboxylic acids is 1. The van der Waals surface area contributed by atoms with E-state index in [0.29, 0.717) is 5.56 Å². The van der Waals surface area contributed by atoms with Gasteiger partial charge < -0.3 is 5.11 Å². The monoisotopic (exact) mass is 190 g/mol. The molecule has 0 aromatic heterocycles. The number of ketones is 1. The second kappa shape index (κ2) is 3.87. The van der Waals surface area contributed by atoms with Crippen molar-refractivity contribution >= 4 is 11.8 Å². The molecule has 3 heteroatoms. The lowest BCUT2D eigenvalue weighted by Crippen LogP contribution is -2.11. The highest BCUT2D eigenvalue weighted by atomic mass is 16.4. The SMILES string of the molecule is C=C(C(=O)O)C(=O)c1ccc(C)cc1. The highest BCUT2D eigenvalue weighted by Gasteiger charge is 2.15. The van der Waals surface area contributed by atoms with Crippen molar-refractivity contribution in [3.8, 4) is 0 Å². The third-order valence-electron chi connectivity index (χ3n) is 1.85. The maximum Gasteiger partial charge on any atom is 0.339 e. The zero-order valence-corrected chi connectivity index (χ0v) is 7.78. The van der Waals surface area contributed by atoms with Crippen molar-refractivity contribution in [1.82, 2.24) is 0 Å². The largest absolute Gasteiger partial charge is 0.478 e. The summed E-state index contributed by atoms with van der Waals surface area (Å²) in [6.07, 6.45) is 0. The van der Waals surface area contributed by atoms with Crippen molar-refractivity contribution in [2.75, 3.05) is 0 Å². The molecule has 1 rings (SSSR count). The van der Waals surface area contributed by atoms with Gasteiger partial charge in [-0.1, -0.05) is 36.4 Å². The van der Waals surface area contributed by atoms with Crippen LogP contribution in [-0.2, 0) is 4.79 Å². The highest BCUT2D eigenvalue weighted by Crippen LogP contribution is 2.08. The fraction of sp³-hybridized carbons (Fsp3) is 0.0909. The third kappa shape index (κ3) is 2.07. The van der Waals surface area contributed by atoms with Crippen LogP contribution in [0.3, 0.4) is 0 Å². The molecule has 72 valence electrons. The number of Topliss-reactive ketones (excluding diaryl/α,β-unsaturated/α-hetero) is 1. The first-order chi connectivity index (χ1) is 6.52. The zero-order chi connectivity index (χ0) is 10.7. The summed E-state index contributed by atoms with van der Waals surface area (Å²) in [5.41, 5.74) is 0.958. The van der Waals surface area contributed by atoms with E-state index in [9.17, 15) is 9.59 Å². The number of rotatable bonds is 3. The van der Waals surface area contributed by atoms with Crippen LogP contribution < -0.4 is 0 Å². The Hall–Kier alpha value is -1.90. The van der Waals surface area contributed by atoms with E-state index in [1.54, 1.807) is 24.3 Å². The van der Waals surface area contributed by atoms with Gasteiger partial charge in [0, 0.05) is 5.56 Å². The van der Waals surface area contributed by atoms with Crippen LogP contribution in [0, 0.1) is 6.92 Å². The molecule has 0 unspecified atom stereocenters. The smallest absolute Gasteiger partial charge is 0.339 e. The van der Waals surface area contributed by atoms with Crippen LogP contribution in [0.5, 0.6) is 0 Å². The normalized spacial score (nSPS) is 9.50. The Morgan fingerprint density at radius 1 is 1.21 bits per heavy atom. The Balaban J connectivity index is 2.96. The molecule has 0 aliphatic heterocycles. The fourth-order valence-corrected chi connectivity index (χ4v) is 0.976. The number of hydrogen-bond donors (Lipinski definition) is 1. The van der Waals surface area contributed by atoms with Gasteiger partial charge in [-0.2, -0.15) is 0 Å². The van der Waals surface area contributed by atoms with Crippen LogP contribution in [-0.4, -0.2) is 16.9 Å². The van der Waals surface area contributed by atoms with Gasteiger partial charge in [-0.05, 0) is 6.92 Å². The van der Waals surface area contributed by atoms with Gasteiger partial charge in [0.1, 0.15) is 5.57 Å². The summed E-state index contributed by atoms with van der Waals surface area (Å²) in [6.45, 7) is 5.09. The summed E-state index contributed by atoms with van der Waals surface area (Å²) in [4.78, 5) is 21.9. The number of carboxylic acid groups (broad SMARTS) is 1. The highest BCUT2D eigenvalue weighted by molar-refractivity contribution is 6.23. The molecule has 0 aliphatic carbocycles. The van der Waals surface area contributed by atoms with Crippen molar-refractivity contribution in [3.05, 3.63) is 47.5 Å². The molecule has 0 amide bonds. The summed E-state index contributed by atoms with van der Waals surface area (Å²) >= 11 is 0. The van der Waals surface area contributed by atoms with E-state index in [1.807, 2.05) is 6.92 Å². The van der Waals surface area contributed by atoms with Crippen molar-refractivity contribution in [2.45, 2.75) is 6.92 Å². The standard InChI is InChI=1S/C11H10O3/c1-7-3-5-9(6-4-7)10(12)8(2)11(13)14/h3-6H,2H2,1H3,(H,13,14). The maximum atomic E-state index is 11.4. The first-order valence-corrected chi connectivity index (χ1v) is 4.06. The molecule has 0 fully saturated rings. The third-order valence-corrected chi connectivity index (χ3v) is 1.85. The number of hydrogen-bond acceptors (Lipinski definition) is 2. The van der Waals surface area contributed by atoms with E-state index in [4.69, 9.17) is 5.11 Å². The zero-order valence-electron chi connectivity index (χ0n) is 7.78. The van der Waals surface area contributed by atoms with Crippen molar-refractivity contribution in [3.63, 3.8) is 0 Å². The molecular weight excluding hydrogens is 180 g/mol.